The Bertz CT molecular complexity index is 840. The zero-order valence-corrected chi connectivity index (χ0v) is 16.1. The summed E-state index contributed by atoms with van der Waals surface area (Å²) < 4.78 is 2.08. The largest absolute Gasteiger partial charge is 0.330 e. The summed E-state index contributed by atoms with van der Waals surface area (Å²) in [6.07, 6.45) is 3.40. The van der Waals surface area contributed by atoms with Crippen molar-refractivity contribution in [3.05, 3.63) is 65.2 Å². The number of nitrogens with two attached hydrogens (primary N) is 1. The molecule has 0 amide bonds. The van der Waals surface area contributed by atoms with Crippen molar-refractivity contribution in [2.45, 2.75) is 26.4 Å². The molecule has 136 valence electrons. The van der Waals surface area contributed by atoms with Crippen molar-refractivity contribution in [3.63, 3.8) is 0 Å². The first-order chi connectivity index (χ1) is 12.6. The van der Waals surface area contributed by atoms with E-state index in [1.165, 1.54) is 22.4 Å². The van der Waals surface area contributed by atoms with Gasteiger partial charge in [-0.3, -0.25) is 9.58 Å². The highest BCUT2D eigenvalue weighted by Gasteiger charge is 2.32. The van der Waals surface area contributed by atoms with Crippen molar-refractivity contribution in [2.75, 3.05) is 19.6 Å². The van der Waals surface area contributed by atoms with Crippen LogP contribution in [0.4, 0.5) is 0 Å². The molecule has 26 heavy (non-hydrogen) atoms. The lowest BCUT2D eigenvalue weighted by atomic mass is 9.90. The number of hydrogen-bond acceptors (Lipinski definition) is 4. The van der Waals surface area contributed by atoms with E-state index in [9.17, 15) is 0 Å². The summed E-state index contributed by atoms with van der Waals surface area (Å²) in [5, 5.41) is 7.04. The first kappa shape index (κ1) is 17.5. The maximum absolute atomic E-state index is 5.98. The van der Waals surface area contributed by atoms with Gasteiger partial charge < -0.3 is 5.73 Å². The van der Waals surface area contributed by atoms with Gasteiger partial charge in [-0.1, -0.05) is 43.3 Å². The number of hydrogen-bond donors (Lipinski definition) is 1. The number of benzene rings is 1. The topological polar surface area (TPSA) is 47.1 Å². The molecule has 5 heteroatoms. The highest BCUT2D eigenvalue weighted by molar-refractivity contribution is 7.13. The molecule has 4 nitrogen and oxygen atoms in total. The maximum Gasteiger partial charge on any atom is 0.107 e. The third kappa shape index (κ3) is 3.75. The van der Waals surface area contributed by atoms with Crippen molar-refractivity contribution in [3.8, 4) is 10.6 Å². The van der Waals surface area contributed by atoms with E-state index in [-0.39, 0.29) is 5.41 Å². The minimum atomic E-state index is 0.253. The molecular formula is C21H26N4S. The second-order valence-corrected chi connectivity index (χ2v) is 8.59. The predicted molar refractivity (Wildman–Crippen MR) is 108 cm³/mol. The van der Waals surface area contributed by atoms with E-state index in [1.54, 1.807) is 11.3 Å². The monoisotopic (exact) mass is 366 g/mol. The Kier molecular flexibility index (Phi) is 4.94. The Labute approximate surface area is 159 Å². The lowest BCUT2D eigenvalue weighted by Crippen LogP contribution is -2.31. The van der Waals surface area contributed by atoms with Crippen molar-refractivity contribution in [1.82, 2.24) is 14.7 Å². The molecule has 0 aliphatic carbocycles. The molecule has 1 fully saturated rings. The SMILES string of the molecule is CC1(CN)CCN(Cc2cn(Cc3ccccc3)nc2-c2cccs2)C1. The van der Waals surface area contributed by atoms with Crippen molar-refractivity contribution >= 4 is 11.3 Å². The molecule has 3 aromatic rings. The number of aromatic nitrogens is 2. The van der Waals surface area contributed by atoms with Crippen LogP contribution in [0.1, 0.15) is 24.5 Å². The van der Waals surface area contributed by atoms with Crippen LogP contribution in [0, 0.1) is 5.41 Å². The zero-order chi connectivity index (χ0) is 18.0. The van der Waals surface area contributed by atoms with E-state index in [0.29, 0.717) is 0 Å². The quantitative estimate of drug-likeness (QED) is 0.721. The highest BCUT2D eigenvalue weighted by Crippen LogP contribution is 2.32. The van der Waals surface area contributed by atoms with Gasteiger partial charge in [0.25, 0.3) is 0 Å². The van der Waals surface area contributed by atoms with Gasteiger partial charge in [-0.25, -0.2) is 0 Å². The fourth-order valence-electron chi connectivity index (χ4n) is 3.72. The number of rotatable bonds is 6. The van der Waals surface area contributed by atoms with Crippen LogP contribution in [0.2, 0.25) is 0 Å². The summed E-state index contributed by atoms with van der Waals surface area (Å²) >= 11 is 1.76. The van der Waals surface area contributed by atoms with Gasteiger partial charge in [-0.15, -0.1) is 11.3 Å². The van der Waals surface area contributed by atoms with Gasteiger partial charge in [0.05, 0.1) is 11.4 Å². The minimum Gasteiger partial charge on any atom is -0.330 e. The predicted octanol–water partition coefficient (Wildman–Crippen LogP) is 3.83. The Morgan fingerprint density at radius 1 is 1.15 bits per heavy atom. The lowest BCUT2D eigenvalue weighted by Gasteiger charge is -2.22. The van der Waals surface area contributed by atoms with E-state index < -0.39 is 0 Å². The summed E-state index contributed by atoms with van der Waals surface area (Å²) in [6.45, 7) is 6.98. The molecule has 0 spiro atoms. The lowest BCUT2D eigenvalue weighted by molar-refractivity contribution is 0.274. The van der Waals surface area contributed by atoms with E-state index >= 15 is 0 Å². The molecule has 4 rings (SSSR count). The fourth-order valence-corrected chi connectivity index (χ4v) is 4.46. The molecule has 1 saturated heterocycles. The average Bonchev–Trinajstić information content (AvgIpc) is 3.37. The van der Waals surface area contributed by atoms with Gasteiger partial charge in [-0.2, -0.15) is 5.10 Å². The Morgan fingerprint density at radius 2 is 2.00 bits per heavy atom. The smallest absolute Gasteiger partial charge is 0.107 e. The van der Waals surface area contributed by atoms with Crippen LogP contribution in [-0.2, 0) is 13.1 Å². The van der Waals surface area contributed by atoms with Gasteiger partial charge in [-0.05, 0) is 41.9 Å². The van der Waals surface area contributed by atoms with Crippen LogP contribution >= 0.6 is 11.3 Å². The summed E-state index contributed by atoms with van der Waals surface area (Å²) in [4.78, 5) is 3.76. The number of nitrogens with zero attached hydrogens (tertiary/aromatic N) is 3. The van der Waals surface area contributed by atoms with Crippen LogP contribution in [0.15, 0.2) is 54.0 Å². The van der Waals surface area contributed by atoms with E-state index in [2.05, 4.69) is 70.5 Å². The van der Waals surface area contributed by atoms with Gasteiger partial charge in [0, 0.05) is 24.8 Å². The standard InChI is InChI=1S/C21H26N4S/c1-21(15-22)9-10-24(16-21)13-18-14-25(12-17-6-3-2-4-7-17)23-20(18)19-8-5-11-26-19/h2-8,11,14H,9-10,12-13,15-16,22H2,1H3. The molecule has 1 atom stereocenters. The summed E-state index contributed by atoms with van der Waals surface area (Å²) in [5.41, 5.74) is 9.94. The van der Waals surface area contributed by atoms with E-state index in [1.807, 2.05) is 0 Å². The van der Waals surface area contributed by atoms with Crippen molar-refractivity contribution < 1.29 is 0 Å². The van der Waals surface area contributed by atoms with Gasteiger partial charge in [0.2, 0.25) is 0 Å². The minimum absolute atomic E-state index is 0.253. The molecule has 1 aromatic carbocycles. The second kappa shape index (κ2) is 7.35. The van der Waals surface area contributed by atoms with Crippen LogP contribution in [-0.4, -0.2) is 34.3 Å². The van der Waals surface area contributed by atoms with E-state index in [4.69, 9.17) is 10.8 Å². The molecule has 1 aliphatic heterocycles. The Hall–Kier alpha value is -1.95. The fraction of sp³-hybridized carbons (Fsp3) is 0.381. The number of thiophene rings is 1. The third-order valence-corrected chi connectivity index (χ3v) is 6.18. The van der Waals surface area contributed by atoms with Gasteiger partial charge in [0.15, 0.2) is 0 Å². The molecular weight excluding hydrogens is 340 g/mol. The summed E-state index contributed by atoms with van der Waals surface area (Å²) in [5.74, 6) is 0. The van der Waals surface area contributed by atoms with E-state index in [0.717, 1.165) is 38.4 Å². The molecule has 2 N–H and O–H groups in total. The molecule has 0 bridgehead atoms. The third-order valence-electron chi connectivity index (χ3n) is 5.30. The molecule has 2 aromatic heterocycles. The van der Waals surface area contributed by atoms with Gasteiger partial charge >= 0.3 is 0 Å². The molecule has 0 radical (unpaired) electrons. The average molecular weight is 367 g/mol. The normalized spacial score (nSPS) is 20.7. The summed E-state index contributed by atoms with van der Waals surface area (Å²) in [6, 6.07) is 14.8. The van der Waals surface area contributed by atoms with Crippen molar-refractivity contribution in [2.24, 2.45) is 11.1 Å². The zero-order valence-electron chi connectivity index (χ0n) is 15.3. The Morgan fingerprint density at radius 3 is 2.69 bits per heavy atom. The van der Waals surface area contributed by atoms with Crippen LogP contribution in [0.3, 0.4) is 0 Å². The highest BCUT2D eigenvalue weighted by atomic mass is 32.1. The second-order valence-electron chi connectivity index (χ2n) is 7.64. The van der Waals surface area contributed by atoms with Crippen LogP contribution in [0.5, 0.6) is 0 Å². The van der Waals surface area contributed by atoms with Crippen LogP contribution in [0.25, 0.3) is 10.6 Å². The first-order valence-corrected chi connectivity index (χ1v) is 10.1. The van der Waals surface area contributed by atoms with Crippen LogP contribution < -0.4 is 5.73 Å². The molecule has 1 aliphatic rings. The van der Waals surface area contributed by atoms with Crippen molar-refractivity contribution in [1.29, 1.82) is 0 Å². The van der Waals surface area contributed by atoms with Gasteiger partial charge in [0.1, 0.15) is 5.69 Å². The Balaban J connectivity index is 1.58. The number of likely N-dealkylation sites (tertiary alicyclic amines) is 1. The first-order valence-electron chi connectivity index (χ1n) is 9.22. The maximum atomic E-state index is 5.98. The summed E-state index contributed by atoms with van der Waals surface area (Å²) in [7, 11) is 0. The molecule has 3 heterocycles. The molecule has 0 saturated carbocycles. The molecule has 1 unspecified atom stereocenters.